The molecule has 0 unspecified atom stereocenters. The number of furan rings is 1. The number of anilines is 2. The first-order valence-electron chi connectivity index (χ1n) is 12.7. The highest BCUT2D eigenvalue weighted by atomic mass is 32.2. The summed E-state index contributed by atoms with van der Waals surface area (Å²) in [5, 5.41) is 6.03. The predicted molar refractivity (Wildman–Crippen MR) is 154 cm³/mol. The van der Waals surface area contributed by atoms with Gasteiger partial charge in [-0.25, -0.2) is 0 Å². The van der Waals surface area contributed by atoms with Crippen molar-refractivity contribution in [3.05, 3.63) is 119 Å². The van der Waals surface area contributed by atoms with Crippen LogP contribution < -0.4 is 15.4 Å². The molecule has 2 heterocycles. The van der Waals surface area contributed by atoms with Gasteiger partial charge in [0.15, 0.2) is 0 Å². The van der Waals surface area contributed by atoms with E-state index in [9.17, 15) is 14.4 Å². The summed E-state index contributed by atoms with van der Waals surface area (Å²) < 4.78 is 10.6. The number of aryl methyl sites for hydroxylation is 1. The number of rotatable bonds is 11. The van der Waals surface area contributed by atoms with Crippen LogP contribution in [0.15, 0.2) is 117 Å². The smallest absolute Gasteiger partial charge is 0.278 e. The van der Waals surface area contributed by atoms with Crippen LogP contribution in [-0.4, -0.2) is 29.7 Å². The van der Waals surface area contributed by atoms with Crippen molar-refractivity contribution in [3.8, 4) is 5.75 Å². The standard InChI is InChI=1S/C31H27N3O5S/c1-38-24-14-10-23(11-15-24)33-28-29(31(37)34(30(28)36)20-25-8-5-19-39-25)40-26-16-12-22(13-17-26)32-27(35)18-9-21-6-3-2-4-7-21/h2-8,10-17,19,33H,9,18,20H2,1H3,(H,32,35). The van der Waals surface area contributed by atoms with Gasteiger partial charge in [-0.05, 0) is 72.6 Å². The molecule has 2 N–H and O–H groups in total. The average Bonchev–Trinajstić information content (AvgIpc) is 3.57. The Hall–Kier alpha value is -4.76. The van der Waals surface area contributed by atoms with Crippen molar-refractivity contribution in [3.63, 3.8) is 0 Å². The number of hydrogen-bond donors (Lipinski definition) is 2. The first-order chi connectivity index (χ1) is 19.5. The molecular formula is C31H27N3O5S. The zero-order chi connectivity index (χ0) is 27.9. The molecule has 0 saturated carbocycles. The molecule has 0 saturated heterocycles. The summed E-state index contributed by atoms with van der Waals surface area (Å²) in [7, 11) is 1.58. The number of nitrogens with one attached hydrogen (secondary N) is 2. The minimum absolute atomic E-state index is 0.0243. The number of carbonyl (C=O) groups excluding carboxylic acids is 3. The second kappa shape index (κ2) is 12.4. The van der Waals surface area contributed by atoms with Crippen molar-refractivity contribution in [2.75, 3.05) is 17.7 Å². The van der Waals surface area contributed by atoms with Gasteiger partial charge in [0, 0.05) is 22.7 Å². The van der Waals surface area contributed by atoms with Crippen LogP contribution in [0.3, 0.4) is 0 Å². The number of hydrogen-bond acceptors (Lipinski definition) is 7. The lowest BCUT2D eigenvalue weighted by molar-refractivity contribution is -0.138. The van der Waals surface area contributed by atoms with Crippen molar-refractivity contribution in [2.45, 2.75) is 24.3 Å². The molecule has 3 amide bonds. The summed E-state index contributed by atoms with van der Waals surface area (Å²) in [4.78, 5) is 41.4. The molecule has 0 aliphatic carbocycles. The fourth-order valence-corrected chi connectivity index (χ4v) is 5.08. The first-order valence-corrected chi connectivity index (χ1v) is 13.5. The third kappa shape index (κ3) is 6.44. The van der Waals surface area contributed by atoms with E-state index in [1.807, 2.05) is 42.5 Å². The highest BCUT2D eigenvalue weighted by molar-refractivity contribution is 8.04. The van der Waals surface area contributed by atoms with Crippen LogP contribution in [0.25, 0.3) is 0 Å². The third-order valence-electron chi connectivity index (χ3n) is 6.22. The molecule has 0 spiro atoms. The van der Waals surface area contributed by atoms with Gasteiger partial charge < -0.3 is 19.8 Å². The number of nitrogens with zero attached hydrogens (tertiary/aromatic N) is 1. The molecule has 40 heavy (non-hydrogen) atoms. The van der Waals surface area contributed by atoms with Gasteiger partial charge in [0.1, 0.15) is 22.1 Å². The van der Waals surface area contributed by atoms with E-state index in [1.54, 1.807) is 55.6 Å². The van der Waals surface area contributed by atoms with E-state index >= 15 is 0 Å². The van der Waals surface area contributed by atoms with Crippen LogP contribution >= 0.6 is 11.8 Å². The number of carbonyl (C=O) groups is 3. The lowest BCUT2D eigenvalue weighted by Gasteiger charge is -2.13. The van der Waals surface area contributed by atoms with Crippen LogP contribution in [0, 0.1) is 0 Å². The number of methoxy groups -OCH3 is 1. The van der Waals surface area contributed by atoms with Crippen molar-refractivity contribution in [1.29, 1.82) is 0 Å². The largest absolute Gasteiger partial charge is 0.497 e. The fraction of sp³-hybridized carbons (Fsp3) is 0.129. The SMILES string of the molecule is COc1ccc(NC2=C(Sc3ccc(NC(=O)CCc4ccccc4)cc3)C(=O)N(Cc3ccco3)C2=O)cc1. The van der Waals surface area contributed by atoms with E-state index in [4.69, 9.17) is 9.15 Å². The number of imide groups is 1. The van der Waals surface area contributed by atoms with Crippen molar-refractivity contribution in [1.82, 2.24) is 4.90 Å². The molecule has 4 aromatic rings. The lowest BCUT2D eigenvalue weighted by atomic mass is 10.1. The van der Waals surface area contributed by atoms with Crippen LogP contribution in [-0.2, 0) is 27.3 Å². The van der Waals surface area contributed by atoms with E-state index in [0.717, 1.165) is 15.4 Å². The number of thioether (sulfide) groups is 1. The van der Waals surface area contributed by atoms with Gasteiger partial charge in [0.2, 0.25) is 5.91 Å². The van der Waals surface area contributed by atoms with E-state index in [0.29, 0.717) is 35.7 Å². The molecule has 0 fully saturated rings. The molecule has 1 aliphatic heterocycles. The molecule has 0 bridgehead atoms. The second-order valence-electron chi connectivity index (χ2n) is 8.99. The number of amides is 3. The summed E-state index contributed by atoms with van der Waals surface area (Å²) in [5.74, 6) is 0.240. The van der Waals surface area contributed by atoms with Crippen molar-refractivity contribution >= 4 is 40.9 Å². The van der Waals surface area contributed by atoms with E-state index in [1.165, 1.54) is 18.0 Å². The van der Waals surface area contributed by atoms with Crippen molar-refractivity contribution < 1.29 is 23.5 Å². The highest BCUT2D eigenvalue weighted by Crippen LogP contribution is 2.37. The molecule has 9 heteroatoms. The number of benzene rings is 3. The quantitative estimate of drug-likeness (QED) is 0.225. The molecule has 5 rings (SSSR count). The van der Waals surface area contributed by atoms with Gasteiger partial charge in [-0.15, -0.1) is 0 Å². The van der Waals surface area contributed by atoms with Gasteiger partial charge in [-0.1, -0.05) is 42.1 Å². The highest BCUT2D eigenvalue weighted by Gasteiger charge is 2.39. The summed E-state index contributed by atoms with van der Waals surface area (Å²) >= 11 is 1.19. The Labute approximate surface area is 236 Å². The summed E-state index contributed by atoms with van der Waals surface area (Å²) in [6, 6.07) is 27.5. The zero-order valence-electron chi connectivity index (χ0n) is 21.8. The minimum atomic E-state index is -0.443. The minimum Gasteiger partial charge on any atom is -0.497 e. The number of ether oxygens (including phenoxy) is 1. The molecule has 1 aromatic heterocycles. The Morgan fingerprint density at radius 1 is 0.875 bits per heavy atom. The monoisotopic (exact) mass is 553 g/mol. The summed E-state index contributed by atoms with van der Waals surface area (Å²) in [6.45, 7) is 0.0243. The normalized spacial score (nSPS) is 13.1. The third-order valence-corrected chi connectivity index (χ3v) is 7.31. The van der Waals surface area contributed by atoms with E-state index in [-0.39, 0.29) is 23.1 Å². The van der Waals surface area contributed by atoms with Crippen LogP contribution in [0.5, 0.6) is 5.75 Å². The molecule has 202 valence electrons. The zero-order valence-corrected chi connectivity index (χ0v) is 22.6. The fourth-order valence-electron chi connectivity index (χ4n) is 4.13. The Morgan fingerprint density at radius 2 is 1.60 bits per heavy atom. The maximum absolute atomic E-state index is 13.4. The summed E-state index contributed by atoms with van der Waals surface area (Å²) in [5.41, 5.74) is 2.59. The maximum atomic E-state index is 13.4. The van der Waals surface area contributed by atoms with Gasteiger partial charge >= 0.3 is 0 Å². The predicted octanol–water partition coefficient (Wildman–Crippen LogP) is 5.84. The van der Waals surface area contributed by atoms with E-state index in [2.05, 4.69) is 10.6 Å². The molecular weight excluding hydrogens is 526 g/mol. The van der Waals surface area contributed by atoms with Gasteiger partial charge in [0.25, 0.3) is 11.8 Å². The Morgan fingerprint density at radius 3 is 2.27 bits per heavy atom. The maximum Gasteiger partial charge on any atom is 0.278 e. The Kier molecular flexibility index (Phi) is 8.32. The second-order valence-corrected chi connectivity index (χ2v) is 10.1. The first kappa shape index (κ1) is 26.8. The molecule has 1 aliphatic rings. The van der Waals surface area contributed by atoms with Crippen LogP contribution in [0.2, 0.25) is 0 Å². The van der Waals surface area contributed by atoms with Gasteiger partial charge in [-0.3, -0.25) is 19.3 Å². The lowest BCUT2D eigenvalue weighted by Crippen LogP contribution is -2.31. The van der Waals surface area contributed by atoms with Gasteiger partial charge in [-0.2, -0.15) is 0 Å². The topological polar surface area (TPSA) is 101 Å². The summed E-state index contributed by atoms with van der Waals surface area (Å²) in [6.07, 6.45) is 2.53. The average molecular weight is 554 g/mol. The van der Waals surface area contributed by atoms with Crippen LogP contribution in [0.4, 0.5) is 11.4 Å². The molecule has 8 nitrogen and oxygen atoms in total. The van der Waals surface area contributed by atoms with Crippen molar-refractivity contribution in [2.24, 2.45) is 0 Å². The van der Waals surface area contributed by atoms with E-state index < -0.39 is 11.8 Å². The Balaban J connectivity index is 1.30. The Bertz CT molecular complexity index is 1520. The van der Waals surface area contributed by atoms with Gasteiger partial charge in [0.05, 0.1) is 19.9 Å². The molecule has 3 aromatic carbocycles. The molecule has 0 atom stereocenters. The molecule has 0 radical (unpaired) electrons. The van der Waals surface area contributed by atoms with Crippen LogP contribution in [0.1, 0.15) is 17.7 Å².